The summed E-state index contributed by atoms with van der Waals surface area (Å²) in [6, 6.07) is 15.9. The number of carbonyl (C=O) groups is 1. The molecule has 2 aromatic rings. The molecular formula is C19H20N4O. The molecule has 0 unspecified atom stereocenters. The van der Waals surface area contributed by atoms with Crippen LogP contribution in [0.15, 0.2) is 48.7 Å². The number of benzene rings is 1. The summed E-state index contributed by atoms with van der Waals surface area (Å²) in [7, 11) is 1.84. The predicted molar refractivity (Wildman–Crippen MR) is 92.6 cm³/mol. The van der Waals surface area contributed by atoms with Crippen molar-refractivity contribution < 1.29 is 4.79 Å². The molecule has 0 aliphatic carbocycles. The van der Waals surface area contributed by atoms with Gasteiger partial charge in [-0.05, 0) is 24.1 Å². The van der Waals surface area contributed by atoms with Crippen LogP contribution in [-0.4, -0.2) is 42.5 Å². The fourth-order valence-electron chi connectivity index (χ4n) is 3.05. The van der Waals surface area contributed by atoms with Crippen LogP contribution in [0, 0.1) is 11.3 Å². The lowest BCUT2D eigenvalue weighted by Gasteiger charge is -2.22. The molecule has 1 fully saturated rings. The summed E-state index contributed by atoms with van der Waals surface area (Å²) in [5.41, 5.74) is 1.82. The Balaban J connectivity index is 1.58. The Morgan fingerprint density at radius 3 is 2.79 bits per heavy atom. The second kappa shape index (κ2) is 7.14. The zero-order valence-electron chi connectivity index (χ0n) is 13.7. The number of amides is 1. The van der Waals surface area contributed by atoms with E-state index < -0.39 is 0 Å². The first-order valence-electron chi connectivity index (χ1n) is 8.07. The number of likely N-dealkylation sites (N-methyl/N-ethyl adjacent to an activating group) is 1. The third-order valence-electron chi connectivity index (χ3n) is 4.45. The van der Waals surface area contributed by atoms with E-state index in [1.54, 1.807) is 12.1 Å². The first-order valence-corrected chi connectivity index (χ1v) is 8.07. The summed E-state index contributed by atoms with van der Waals surface area (Å²) in [5.74, 6) is 1.23. The standard InChI is InChI=1S/C19H20N4O/c1-22(18-8-7-15(11-20)12-21-18)14-19(24)23-10-9-17(13-23)16-5-3-2-4-6-16/h2-8,12,17H,9-10,13-14H2,1H3/t17-/m1/s1. The molecule has 5 nitrogen and oxygen atoms in total. The maximum absolute atomic E-state index is 12.5. The van der Waals surface area contributed by atoms with Crippen molar-refractivity contribution in [1.82, 2.24) is 9.88 Å². The molecule has 1 atom stereocenters. The fraction of sp³-hybridized carbons (Fsp3) is 0.316. The Labute approximate surface area is 142 Å². The Morgan fingerprint density at radius 2 is 2.12 bits per heavy atom. The molecule has 1 aromatic carbocycles. The van der Waals surface area contributed by atoms with Crippen molar-refractivity contribution in [1.29, 1.82) is 5.26 Å². The summed E-state index contributed by atoms with van der Waals surface area (Å²) in [6.07, 6.45) is 2.53. The molecule has 0 N–H and O–H groups in total. The minimum Gasteiger partial charge on any atom is -0.350 e. The van der Waals surface area contributed by atoms with Gasteiger partial charge in [0.25, 0.3) is 0 Å². The molecule has 1 aromatic heterocycles. The third-order valence-corrected chi connectivity index (χ3v) is 4.45. The topological polar surface area (TPSA) is 60.2 Å². The highest BCUT2D eigenvalue weighted by atomic mass is 16.2. The normalized spacial score (nSPS) is 16.7. The molecule has 122 valence electrons. The van der Waals surface area contributed by atoms with Crippen LogP contribution in [0.2, 0.25) is 0 Å². The first-order chi connectivity index (χ1) is 11.7. The van der Waals surface area contributed by atoms with Crippen LogP contribution in [0.3, 0.4) is 0 Å². The van der Waals surface area contributed by atoms with Crippen molar-refractivity contribution in [3.05, 3.63) is 59.8 Å². The van der Waals surface area contributed by atoms with E-state index in [1.807, 2.05) is 41.1 Å². The van der Waals surface area contributed by atoms with Gasteiger partial charge in [0.05, 0.1) is 12.1 Å². The minimum absolute atomic E-state index is 0.113. The number of anilines is 1. The van der Waals surface area contributed by atoms with Gasteiger partial charge in [-0.25, -0.2) is 4.98 Å². The van der Waals surface area contributed by atoms with Gasteiger partial charge in [0.15, 0.2) is 0 Å². The van der Waals surface area contributed by atoms with E-state index in [4.69, 9.17) is 5.26 Å². The number of hydrogen-bond donors (Lipinski definition) is 0. The highest BCUT2D eigenvalue weighted by Crippen LogP contribution is 2.27. The highest BCUT2D eigenvalue weighted by Gasteiger charge is 2.27. The van der Waals surface area contributed by atoms with Gasteiger partial charge >= 0.3 is 0 Å². The molecule has 5 heteroatoms. The quantitative estimate of drug-likeness (QED) is 0.868. The third kappa shape index (κ3) is 3.54. The predicted octanol–water partition coefficient (Wildman–Crippen LogP) is 2.41. The number of pyridine rings is 1. The van der Waals surface area contributed by atoms with Crippen molar-refractivity contribution in [2.75, 3.05) is 31.6 Å². The van der Waals surface area contributed by atoms with Crippen molar-refractivity contribution in [3.8, 4) is 6.07 Å². The molecule has 0 bridgehead atoms. The number of aromatic nitrogens is 1. The molecule has 0 spiro atoms. The molecule has 3 rings (SSSR count). The van der Waals surface area contributed by atoms with E-state index >= 15 is 0 Å². The van der Waals surface area contributed by atoms with Crippen LogP contribution in [0.4, 0.5) is 5.82 Å². The molecule has 2 heterocycles. The van der Waals surface area contributed by atoms with Crippen LogP contribution in [0.1, 0.15) is 23.5 Å². The van der Waals surface area contributed by atoms with E-state index in [0.717, 1.165) is 19.5 Å². The van der Waals surface area contributed by atoms with Crippen LogP contribution >= 0.6 is 0 Å². The summed E-state index contributed by atoms with van der Waals surface area (Å²) in [5, 5.41) is 8.81. The number of carbonyl (C=O) groups excluding carboxylic acids is 1. The second-order valence-electron chi connectivity index (χ2n) is 6.11. The van der Waals surface area contributed by atoms with Gasteiger partial charge in [0, 0.05) is 32.3 Å². The Hall–Kier alpha value is -2.87. The number of nitriles is 1. The Bertz CT molecular complexity index is 736. The Morgan fingerprint density at radius 1 is 1.33 bits per heavy atom. The second-order valence-corrected chi connectivity index (χ2v) is 6.11. The monoisotopic (exact) mass is 320 g/mol. The molecule has 1 amide bonds. The average Bonchev–Trinajstić information content (AvgIpc) is 3.13. The largest absolute Gasteiger partial charge is 0.350 e. The van der Waals surface area contributed by atoms with Crippen LogP contribution in [0.25, 0.3) is 0 Å². The lowest BCUT2D eigenvalue weighted by molar-refractivity contribution is -0.128. The zero-order valence-corrected chi connectivity index (χ0v) is 13.7. The SMILES string of the molecule is CN(CC(=O)N1CC[C@@H](c2ccccc2)C1)c1ccc(C#N)cn1. The molecule has 1 saturated heterocycles. The van der Waals surface area contributed by atoms with Crippen molar-refractivity contribution >= 4 is 11.7 Å². The van der Waals surface area contributed by atoms with Gasteiger partial charge < -0.3 is 9.80 Å². The van der Waals surface area contributed by atoms with Gasteiger partial charge in [0.2, 0.25) is 5.91 Å². The van der Waals surface area contributed by atoms with Crippen LogP contribution in [-0.2, 0) is 4.79 Å². The smallest absolute Gasteiger partial charge is 0.242 e. The average molecular weight is 320 g/mol. The molecule has 1 aliphatic heterocycles. The van der Waals surface area contributed by atoms with Gasteiger partial charge in [-0.15, -0.1) is 0 Å². The molecule has 1 aliphatic rings. The molecule has 0 radical (unpaired) electrons. The van der Waals surface area contributed by atoms with Crippen molar-refractivity contribution in [2.24, 2.45) is 0 Å². The molecule has 0 saturated carbocycles. The minimum atomic E-state index is 0.113. The molecular weight excluding hydrogens is 300 g/mol. The fourth-order valence-corrected chi connectivity index (χ4v) is 3.05. The maximum atomic E-state index is 12.5. The van der Waals surface area contributed by atoms with Crippen LogP contribution < -0.4 is 4.90 Å². The number of hydrogen-bond acceptors (Lipinski definition) is 4. The lowest BCUT2D eigenvalue weighted by atomic mass is 9.99. The molecule has 24 heavy (non-hydrogen) atoms. The first kappa shape index (κ1) is 16.0. The van der Waals surface area contributed by atoms with Gasteiger partial charge in [-0.3, -0.25) is 4.79 Å². The summed E-state index contributed by atoms with van der Waals surface area (Å²) >= 11 is 0. The summed E-state index contributed by atoms with van der Waals surface area (Å²) < 4.78 is 0. The van der Waals surface area contributed by atoms with Gasteiger partial charge in [-0.1, -0.05) is 30.3 Å². The van der Waals surface area contributed by atoms with E-state index in [1.165, 1.54) is 11.8 Å². The van der Waals surface area contributed by atoms with Crippen molar-refractivity contribution in [3.63, 3.8) is 0 Å². The number of nitrogens with zero attached hydrogens (tertiary/aromatic N) is 4. The van der Waals surface area contributed by atoms with E-state index in [9.17, 15) is 4.79 Å². The van der Waals surface area contributed by atoms with Gasteiger partial charge in [0.1, 0.15) is 11.9 Å². The van der Waals surface area contributed by atoms with E-state index in [2.05, 4.69) is 17.1 Å². The van der Waals surface area contributed by atoms with Gasteiger partial charge in [-0.2, -0.15) is 5.26 Å². The van der Waals surface area contributed by atoms with E-state index in [0.29, 0.717) is 23.8 Å². The lowest BCUT2D eigenvalue weighted by Crippen LogP contribution is -2.37. The zero-order chi connectivity index (χ0) is 16.9. The summed E-state index contributed by atoms with van der Waals surface area (Å²) in [6.45, 7) is 1.87. The summed E-state index contributed by atoms with van der Waals surface area (Å²) in [4.78, 5) is 20.5. The van der Waals surface area contributed by atoms with Crippen LogP contribution in [0.5, 0.6) is 0 Å². The van der Waals surface area contributed by atoms with Crippen molar-refractivity contribution in [2.45, 2.75) is 12.3 Å². The maximum Gasteiger partial charge on any atom is 0.242 e. The number of rotatable bonds is 4. The Kier molecular flexibility index (Phi) is 4.76. The number of likely N-dealkylation sites (tertiary alicyclic amines) is 1. The highest BCUT2D eigenvalue weighted by molar-refractivity contribution is 5.81. The van der Waals surface area contributed by atoms with E-state index in [-0.39, 0.29) is 5.91 Å².